The van der Waals surface area contributed by atoms with Crippen LogP contribution in [0.1, 0.15) is 21.5 Å². The molecule has 0 unspecified atom stereocenters. The second-order valence-electron chi connectivity index (χ2n) is 5.59. The molecule has 0 aliphatic heterocycles. The van der Waals surface area contributed by atoms with E-state index in [1.165, 1.54) is 0 Å². The number of hydrogen-bond donors (Lipinski definition) is 1. The van der Waals surface area contributed by atoms with Crippen LogP contribution in [-0.2, 0) is 6.42 Å². The molecule has 0 amide bonds. The first kappa shape index (κ1) is 19.9. The lowest BCUT2D eigenvalue weighted by Gasteiger charge is -2.10. The van der Waals surface area contributed by atoms with Gasteiger partial charge < -0.3 is 9.84 Å². The summed E-state index contributed by atoms with van der Waals surface area (Å²) in [6, 6.07) is 18.5. The SMILES string of the molecule is O=C(Oc1ccc(Cc2ccc(O)cc2)cc1)c1c(I)ccc(I)c1I. The zero-order chi connectivity index (χ0) is 18.7. The minimum atomic E-state index is -0.344. The first-order valence-electron chi connectivity index (χ1n) is 7.66. The largest absolute Gasteiger partial charge is 0.508 e. The molecule has 0 fully saturated rings. The molecule has 3 nitrogen and oxygen atoms in total. The van der Waals surface area contributed by atoms with Gasteiger partial charge >= 0.3 is 5.97 Å². The molecule has 3 aromatic carbocycles. The van der Waals surface area contributed by atoms with Crippen LogP contribution in [0.25, 0.3) is 0 Å². The van der Waals surface area contributed by atoms with Crippen molar-refractivity contribution in [2.75, 3.05) is 0 Å². The lowest BCUT2D eigenvalue weighted by atomic mass is 10.0. The quantitative estimate of drug-likeness (QED) is 0.159. The highest BCUT2D eigenvalue weighted by atomic mass is 127. The van der Waals surface area contributed by atoms with E-state index >= 15 is 0 Å². The Kier molecular flexibility index (Phi) is 6.78. The summed E-state index contributed by atoms with van der Waals surface area (Å²) in [7, 11) is 0. The average molecular weight is 682 g/mol. The molecule has 0 bridgehead atoms. The number of phenols is 1. The van der Waals surface area contributed by atoms with Gasteiger partial charge in [0.25, 0.3) is 0 Å². The maximum Gasteiger partial charge on any atom is 0.345 e. The molecule has 3 aromatic rings. The number of rotatable bonds is 4. The third-order valence-corrected chi connectivity index (χ3v) is 7.68. The zero-order valence-electron chi connectivity index (χ0n) is 13.4. The highest BCUT2D eigenvalue weighted by Gasteiger charge is 2.18. The van der Waals surface area contributed by atoms with E-state index in [1.54, 1.807) is 24.3 Å². The molecule has 0 saturated heterocycles. The summed E-state index contributed by atoms with van der Waals surface area (Å²) in [6.07, 6.45) is 0.751. The molecule has 1 N–H and O–H groups in total. The van der Waals surface area contributed by atoms with Crippen molar-refractivity contribution >= 4 is 73.7 Å². The normalized spacial score (nSPS) is 10.6. The number of halogens is 3. The van der Waals surface area contributed by atoms with E-state index in [0.29, 0.717) is 11.3 Å². The molecule has 0 aliphatic rings. The van der Waals surface area contributed by atoms with Gasteiger partial charge in [-0.2, -0.15) is 0 Å². The van der Waals surface area contributed by atoms with E-state index in [4.69, 9.17) is 4.74 Å². The number of phenolic OH excluding ortho intramolecular Hbond substituents is 1. The third kappa shape index (κ3) is 4.89. The van der Waals surface area contributed by atoms with Gasteiger partial charge in [-0.1, -0.05) is 24.3 Å². The standard InChI is InChI=1S/C20H13I3O3/c21-16-9-10-17(22)19(23)18(16)20(25)26-15-7-3-13(4-8-15)11-12-1-5-14(24)6-2-12/h1-10,24H,11H2. The Morgan fingerprint density at radius 1 is 0.808 bits per heavy atom. The molecule has 0 radical (unpaired) electrons. The molecular weight excluding hydrogens is 669 g/mol. The van der Waals surface area contributed by atoms with Crippen molar-refractivity contribution in [2.24, 2.45) is 0 Å². The van der Waals surface area contributed by atoms with Gasteiger partial charge in [-0.05, 0) is 122 Å². The van der Waals surface area contributed by atoms with Gasteiger partial charge in [-0.25, -0.2) is 4.79 Å². The van der Waals surface area contributed by atoms with Crippen LogP contribution < -0.4 is 4.74 Å². The van der Waals surface area contributed by atoms with Crippen LogP contribution in [0.4, 0.5) is 0 Å². The number of benzene rings is 3. The van der Waals surface area contributed by atoms with Gasteiger partial charge in [0.15, 0.2) is 0 Å². The summed E-state index contributed by atoms with van der Waals surface area (Å²) in [5, 5.41) is 9.34. The van der Waals surface area contributed by atoms with Crippen molar-refractivity contribution in [2.45, 2.75) is 6.42 Å². The van der Waals surface area contributed by atoms with Gasteiger partial charge in [-0.15, -0.1) is 0 Å². The van der Waals surface area contributed by atoms with Crippen LogP contribution in [-0.4, -0.2) is 11.1 Å². The number of carbonyl (C=O) groups excluding carboxylic acids is 1. The number of esters is 1. The van der Waals surface area contributed by atoms with E-state index in [1.807, 2.05) is 36.4 Å². The Hall–Kier alpha value is -0.880. The van der Waals surface area contributed by atoms with Gasteiger partial charge in [-0.3, -0.25) is 0 Å². The van der Waals surface area contributed by atoms with Gasteiger partial charge in [0.2, 0.25) is 0 Å². The zero-order valence-corrected chi connectivity index (χ0v) is 19.9. The second-order valence-corrected chi connectivity index (χ2v) is 9.00. The lowest BCUT2D eigenvalue weighted by Crippen LogP contribution is -2.13. The highest BCUT2D eigenvalue weighted by molar-refractivity contribution is 14.1. The van der Waals surface area contributed by atoms with Crippen molar-refractivity contribution in [1.82, 2.24) is 0 Å². The van der Waals surface area contributed by atoms with Gasteiger partial charge in [0.05, 0.1) is 5.56 Å². The van der Waals surface area contributed by atoms with E-state index in [-0.39, 0.29) is 11.7 Å². The number of ether oxygens (including phenoxy) is 1. The first-order chi connectivity index (χ1) is 12.4. The molecule has 0 aliphatic carbocycles. The van der Waals surface area contributed by atoms with Crippen LogP contribution >= 0.6 is 67.8 Å². The molecule has 132 valence electrons. The Morgan fingerprint density at radius 3 is 1.96 bits per heavy atom. The van der Waals surface area contributed by atoms with E-state index < -0.39 is 0 Å². The lowest BCUT2D eigenvalue weighted by molar-refractivity contribution is 0.0732. The number of aromatic hydroxyl groups is 1. The van der Waals surface area contributed by atoms with Crippen LogP contribution in [0, 0.1) is 10.7 Å². The van der Waals surface area contributed by atoms with Crippen LogP contribution in [0.2, 0.25) is 0 Å². The number of hydrogen-bond acceptors (Lipinski definition) is 3. The smallest absolute Gasteiger partial charge is 0.345 e. The summed E-state index contributed by atoms with van der Waals surface area (Å²) in [5.74, 6) is 0.439. The molecular formula is C20H13I3O3. The van der Waals surface area contributed by atoms with Crippen LogP contribution in [0.5, 0.6) is 11.5 Å². The molecule has 3 rings (SSSR count). The van der Waals surface area contributed by atoms with Crippen LogP contribution in [0.3, 0.4) is 0 Å². The van der Waals surface area contributed by atoms with Crippen molar-refractivity contribution < 1.29 is 14.6 Å². The van der Waals surface area contributed by atoms with E-state index in [2.05, 4.69) is 67.8 Å². The molecule has 0 heterocycles. The molecule has 26 heavy (non-hydrogen) atoms. The van der Waals surface area contributed by atoms with Gasteiger partial charge in [0.1, 0.15) is 11.5 Å². The topological polar surface area (TPSA) is 46.5 Å². The highest BCUT2D eigenvalue weighted by Crippen LogP contribution is 2.26. The Balaban J connectivity index is 1.72. The molecule has 0 saturated carbocycles. The fraction of sp³-hybridized carbons (Fsp3) is 0.0500. The maximum atomic E-state index is 12.6. The summed E-state index contributed by atoms with van der Waals surface area (Å²) >= 11 is 6.54. The molecule has 0 atom stereocenters. The fourth-order valence-corrected chi connectivity index (χ4v) is 4.72. The summed E-state index contributed by atoms with van der Waals surface area (Å²) in [6.45, 7) is 0. The van der Waals surface area contributed by atoms with Crippen molar-refractivity contribution in [3.05, 3.63) is 88.1 Å². The molecule has 0 aromatic heterocycles. The van der Waals surface area contributed by atoms with Gasteiger partial charge in [0, 0.05) is 10.7 Å². The summed E-state index contributed by atoms with van der Waals surface area (Å²) < 4.78 is 8.36. The Morgan fingerprint density at radius 2 is 1.35 bits per heavy atom. The third-order valence-electron chi connectivity index (χ3n) is 3.73. The summed E-state index contributed by atoms with van der Waals surface area (Å²) in [5.41, 5.74) is 2.82. The van der Waals surface area contributed by atoms with Crippen LogP contribution in [0.15, 0.2) is 60.7 Å². The van der Waals surface area contributed by atoms with Crippen molar-refractivity contribution in [1.29, 1.82) is 0 Å². The molecule has 6 heteroatoms. The molecule has 0 spiro atoms. The van der Waals surface area contributed by atoms with Crippen molar-refractivity contribution in [3.63, 3.8) is 0 Å². The average Bonchev–Trinajstić information content (AvgIpc) is 2.62. The maximum absolute atomic E-state index is 12.6. The second kappa shape index (κ2) is 8.87. The monoisotopic (exact) mass is 682 g/mol. The minimum Gasteiger partial charge on any atom is -0.508 e. The summed E-state index contributed by atoms with van der Waals surface area (Å²) in [4.78, 5) is 12.6. The predicted molar refractivity (Wildman–Crippen MR) is 127 cm³/mol. The van der Waals surface area contributed by atoms with E-state index in [9.17, 15) is 9.90 Å². The van der Waals surface area contributed by atoms with Crippen molar-refractivity contribution in [3.8, 4) is 11.5 Å². The minimum absolute atomic E-state index is 0.260. The Labute approximate surface area is 192 Å². The fourth-order valence-electron chi connectivity index (χ4n) is 2.40. The van der Waals surface area contributed by atoms with E-state index in [0.717, 1.165) is 28.3 Å². The predicted octanol–water partition coefficient (Wildman–Crippen LogP) is 6.02. The first-order valence-corrected chi connectivity index (χ1v) is 10.9. The Bertz CT molecular complexity index is 936. The number of carbonyl (C=O) groups is 1.